The molecular formula is C44H33F3N4. The van der Waals surface area contributed by atoms with Crippen LogP contribution in [0.1, 0.15) is 31.9 Å². The largest absolute Gasteiger partial charge is 0.416 e. The fourth-order valence-electron chi connectivity index (χ4n) is 6.58. The summed E-state index contributed by atoms with van der Waals surface area (Å²) in [4.78, 5) is 14.8. The predicted molar refractivity (Wildman–Crippen MR) is 200 cm³/mol. The third kappa shape index (κ3) is 6.05. The lowest BCUT2D eigenvalue weighted by atomic mass is 9.86. The Morgan fingerprint density at radius 3 is 1.55 bits per heavy atom. The average Bonchev–Trinajstić information content (AvgIpc) is 3.48. The van der Waals surface area contributed by atoms with Gasteiger partial charge in [-0.1, -0.05) is 130 Å². The summed E-state index contributed by atoms with van der Waals surface area (Å²) in [6, 6.07) is 45.6. The summed E-state index contributed by atoms with van der Waals surface area (Å²) in [6.45, 7) is 6.59. The molecule has 0 N–H and O–H groups in total. The minimum atomic E-state index is -4.44. The van der Waals surface area contributed by atoms with Crippen molar-refractivity contribution in [1.29, 1.82) is 0 Å². The summed E-state index contributed by atoms with van der Waals surface area (Å²) in [6.07, 6.45) is -4.44. The zero-order chi connectivity index (χ0) is 35.3. The predicted octanol–water partition coefficient (Wildman–Crippen LogP) is 12.0. The first-order valence-corrected chi connectivity index (χ1v) is 16.8. The SMILES string of the molecule is CC(C)(C)c1ccc2c(c1)c1ccccc1n2-c1cc(-c2nc(-c3ccccc3)nc(-c3ccccc3)n2)ccc1-c1ccc(C(F)(F)F)cc1. The van der Waals surface area contributed by atoms with Gasteiger partial charge in [-0.15, -0.1) is 0 Å². The van der Waals surface area contributed by atoms with Crippen LogP contribution in [0.2, 0.25) is 0 Å². The highest BCUT2D eigenvalue weighted by Gasteiger charge is 2.30. The molecule has 0 aliphatic carbocycles. The van der Waals surface area contributed by atoms with Gasteiger partial charge in [0.2, 0.25) is 0 Å². The van der Waals surface area contributed by atoms with Crippen LogP contribution in [0, 0.1) is 0 Å². The number of aromatic nitrogens is 4. The highest BCUT2D eigenvalue weighted by atomic mass is 19.4. The number of rotatable bonds is 5. The van der Waals surface area contributed by atoms with Crippen LogP contribution in [-0.2, 0) is 11.6 Å². The number of nitrogens with zero attached hydrogens (tertiary/aromatic N) is 4. The molecule has 2 aromatic heterocycles. The second-order valence-corrected chi connectivity index (χ2v) is 13.7. The molecule has 7 heteroatoms. The first-order chi connectivity index (χ1) is 24.5. The molecule has 0 spiro atoms. The molecule has 0 atom stereocenters. The van der Waals surface area contributed by atoms with E-state index in [4.69, 9.17) is 15.0 Å². The van der Waals surface area contributed by atoms with Gasteiger partial charge in [0.1, 0.15) is 0 Å². The van der Waals surface area contributed by atoms with Gasteiger partial charge in [0, 0.05) is 33.0 Å². The molecule has 0 amide bonds. The highest BCUT2D eigenvalue weighted by molar-refractivity contribution is 6.10. The van der Waals surface area contributed by atoms with Crippen LogP contribution in [0.3, 0.4) is 0 Å². The van der Waals surface area contributed by atoms with Crippen LogP contribution in [-0.4, -0.2) is 19.5 Å². The smallest absolute Gasteiger partial charge is 0.309 e. The van der Waals surface area contributed by atoms with Gasteiger partial charge in [0.15, 0.2) is 17.5 Å². The zero-order valence-electron chi connectivity index (χ0n) is 28.3. The van der Waals surface area contributed by atoms with Crippen molar-refractivity contribution in [3.63, 3.8) is 0 Å². The van der Waals surface area contributed by atoms with Gasteiger partial charge in [-0.25, -0.2) is 15.0 Å². The quantitative estimate of drug-likeness (QED) is 0.182. The molecule has 2 heterocycles. The van der Waals surface area contributed by atoms with Crippen molar-refractivity contribution in [1.82, 2.24) is 19.5 Å². The van der Waals surface area contributed by atoms with Crippen molar-refractivity contribution in [2.75, 3.05) is 0 Å². The molecular weight excluding hydrogens is 642 g/mol. The molecule has 0 aliphatic heterocycles. The topological polar surface area (TPSA) is 43.6 Å². The molecule has 0 unspecified atom stereocenters. The Hall–Kier alpha value is -6.08. The number of halogens is 3. The average molecular weight is 675 g/mol. The van der Waals surface area contributed by atoms with E-state index in [9.17, 15) is 13.2 Å². The van der Waals surface area contributed by atoms with E-state index in [2.05, 4.69) is 55.7 Å². The summed E-state index contributed by atoms with van der Waals surface area (Å²) >= 11 is 0. The van der Waals surface area contributed by atoms with Gasteiger partial charge in [0.05, 0.1) is 22.3 Å². The summed E-state index contributed by atoms with van der Waals surface area (Å²) < 4.78 is 43.1. The molecule has 0 fully saturated rings. The second kappa shape index (κ2) is 12.4. The molecule has 8 aromatic rings. The Kier molecular flexibility index (Phi) is 7.79. The number of alkyl halides is 3. The van der Waals surface area contributed by atoms with Gasteiger partial charge < -0.3 is 4.57 Å². The van der Waals surface area contributed by atoms with E-state index < -0.39 is 11.7 Å². The Balaban J connectivity index is 1.41. The minimum absolute atomic E-state index is 0.0612. The first-order valence-electron chi connectivity index (χ1n) is 16.8. The van der Waals surface area contributed by atoms with E-state index in [0.717, 1.165) is 61.9 Å². The first kappa shape index (κ1) is 32.1. The summed E-state index contributed by atoms with van der Waals surface area (Å²) in [5.41, 5.74) is 7.12. The van der Waals surface area contributed by atoms with Crippen LogP contribution < -0.4 is 0 Å². The lowest BCUT2D eigenvalue weighted by Gasteiger charge is -2.20. The normalized spacial score (nSPS) is 12.1. The van der Waals surface area contributed by atoms with Gasteiger partial charge in [-0.3, -0.25) is 0 Å². The van der Waals surface area contributed by atoms with Gasteiger partial charge in [0.25, 0.3) is 0 Å². The van der Waals surface area contributed by atoms with Gasteiger partial charge >= 0.3 is 6.18 Å². The van der Waals surface area contributed by atoms with E-state index in [1.807, 2.05) is 91.0 Å². The third-order valence-corrected chi connectivity index (χ3v) is 9.26. The van der Waals surface area contributed by atoms with Crippen molar-refractivity contribution in [2.24, 2.45) is 0 Å². The Labute approximate surface area is 293 Å². The molecule has 0 aliphatic rings. The summed E-state index contributed by atoms with van der Waals surface area (Å²) in [7, 11) is 0. The van der Waals surface area contributed by atoms with Crippen LogP contribution >= 0.6 is 0 Å². The van der Waals surface area contributed by atoms with E-state index in [0.29, 0.717) is 23.0 Å². The Bertz CT molecular complexity index is 2470. The Morgan fingerprint density at radius 2 is 0.961 bits per heavy atom. The van der Waals surface area contributed by atoms with E-state index in [1.54, 1.807) is 0 Å². The molecule has 8 rings (SSSR count). The molecule has 0 saturated carbocycles. The monoisotopic (exact) mass is 674 g/mol. The molecule has 0 saturated heterocycles. The van der Waals surface area contributed by atoms with Crippen LogP contribution in [0.15, 0.2) is 146 Å². The third-order valence-electron chi connectivity index (χ3n) is 9.26. The molecule has 0 radical (unpaired) electrons. The number of hydrogen-bond donors (Lipinski definition) is 0. The van der Waals surface area contributed by atoms with Gasteiger partial charge in [-0.2, -0.15) is 13.2 Å². The Morgan fingerprint density at radius 1 is 0.451 bits per heavy atom. The lowest BCUT2D eigenvalue weighted by molar-refractivity contribution is -0.137. The van der Waals surface area contributed by atoms with Crippen LogP contribution in [0.25, 0.3) is 72.8 Å². The zero-order valence-corrected chi connectivity index (χ0v) is 28.3. The highest BCUT2D eigenvalue weighted by Crippen LogP contribution is 2.40. The molecule has 250 valence electrons. The van der Waals surface area contributed by atoms with Crippen LogP contribution in [0.5, 0.6) is 0 Å². The molecule has 6 aromatic carbocycles. The van der Waals surface area contributed by atoms with E-state index in [1.165, 1.54) is 17.7 Å². The minimum Gasteiger partial charge on any atom is -0.309 e. The molecule has 0 bridgehead atoms. The number of para-hydroxylation sites is 1. The van der Waals surface area contributed by atoms with Crippen molar-refractivity contribution in [2.45, 2.75) is 32.4 Å². The second-order valence-electron chi connectivity index (χ2n) is 13.7. The number of hydrogen-bond acceptors (Lipinski definition) is 3. The standard InChI is InChI=1S/C44H33F3N4/c1-43(2,3)33-23-25-38-36(27-33)35-16-10-11-17-37(35)51(38)39-26-31(20-24-34(39)28-18-21-32(22-19-28)44(45,46)47)42-49-40(29-12-6-4-7-13-29)48-41(50-42)30-14-8-5-9-15-30/h4-27H,1-3H3. The number of fused-ring (bicyclic) bond motifs is 3. The van der Waals surface area contributed by atoms with Crippen molar-refractivity contribution in [3.05, 3.63) is 157 Å². The van der Waals surface area contributed by atoms with Gasteiger partial charge in [-0.05, 0) is 52.9 Å². The fraction of sp³-hybridized carbons (Fsp3) is 0.114. The lowest BCUT2D eigenvalue weighted by Crippen LogP contribution is -2.10. The molecule has 4 nitrogen and oxygen atoms in total. The van der Waals surface area contributed by atoms with E-state index >= 15 is 0 Å². The van der Waals surface area contributed by atoms with Crippen molar-refractivity contribution in [3.8, 4) is 51.0 Å². The number of benzene rings is 6. The van der Waals surface area contributed by atoms with E-state index in [-0.39, 0.29) is 5.41 Å². The fourth-order valence-corrected chi connectivity index (χ4v) is 6.58. The van der Waals surface area contributed by atoms with Crippen molar-refractivity contribution >= 4 is 21.8 Å². The summed E-state index contributed by atoms with van der Waals surface area (Å²) in [5, 5.41) is 2.18. The van der Waals surface area contributed by atoms with Crippen LogP contribution in [0.4, 0.5) is 13.2 Å². The van der Waals surface area contributed by atoms with Crippen molar-refractivity contribution < 1.29 is 13.2 Å². The molecule has 51 heavy (non-hydrogen) atoms. The maximum Gasteiger partial charge on any atom is 0.416 e. The summed E-state index contributed by atoms with van der Waals surface area (Å²) in [5.74, 6) is 1.57. The maximum atomic E-state index is 13.6. The maximum absolute atomic E-state index is 13.6.